The highest BCUT2D eigenvalue weighted by molar-refractivity contribution is 5.84. The first-order valence-electron chi connectivity index (χ1n) is 10.6. The van der Waals surface area contributed by atoms with Crippen molar-refractivity contribution in [1.82, 2.24) is 9.88 Å². The first kappa shape index (κ1) is 22.6. The largest absolute Gasteiger partial charge is 0.494 e. The third-order valence-electron chi connectivity index (χ3n) is 5.41. The Kier molecular flexibility index (Phi) is 7.50. The molecule has 1 amide bonds. The summed E-state index contributed by atoms with van der Waals surface area (Å²) in [5.74, 6) is 0.887. The van der Waals surface area contributed by atoms with Gasteiger partial charge in [-0.25, -0.2) is 4.98 Å². The molecule has 0 fully saturated rings. The van der Waals surface area contributed by atoms with Crippen LogP contribution in [0.3, 0.4) is 0 Å². The molecular weight excluding hydrogens is 394 g/mol. The van der Waals surface area contributed by atoms with E-state index >= 15 is 0 Å². The van der Waals surface area contributed by atoms with E-state index in [0.29, 0.717) is 19.6 Å². The molecule has 0 spiro atoms. The van der Waals surface area contributed by atoms with Gasteiger partial charge in [0.25, 0.3) is 0 Å². The van der Waals surface area contributed by atoms with Crippen molar-refractivity contribution in [3.05, 3.63) is 52.7 Å². The molecule has 0 aliphatic carbocycles. The molecule has 3 rings (SSSR count). The second kappa shape index (κ2) is 10.3. The number of amides is 1. The molecule has 0 radical (unpaired) electrons. The Labute approximate surface area is 183 Å². The topological polar surface area (TPSA) is 80.8 Å². The number of hydrogen-bond acceptors (Lipinski definition) is 6. The summed E-state index contributed by atoms with van der Waals surface area (Å²) in [5.41, 5.74) is 4.31. The summed E-state index contributed by atoms with van der Waals surface area (Å²) in [6, 6.07) is 10.0. The minimum Gasteiger partial charge on any atom is -0.494 e. The zero-order valence-electron chi connectivity index (χ0n) is 18.7. The quantitative estimate of drug-likeness (QED) is 0.516. The van der Waals surface area contributed by atoms with E-state index in [0.717, 1.165) is 41.4 Å². The van der Waals surface area contributed by atoms with Crippen LogP contribution >= 0.6 is 0 Å². The Bertz CT molecular complexity index is 924. The number of esters is 1. The number of nitrogens with zero attached hydrogens (tertiary/aromatic N) is 2. The van der Waals surface area contributed by atoms with Crippen LogP contribution in [0, 0.1) is 19.8 Å². The number of ether oxygens (including phenoxy) is 2. The molecule has 1 aliphatic heterocycles. The number of benzene rings is 1. The van der Waals surface area contributed by atoms with Gasteiger partial charge in [0.2, 0.25) is 5.91 Å². The van der Waals surface area contributed by atoms with Gasteiger partial charge < -0.3 is 19.7 Å². The molecule has 0 bridgehead atoms. The van der Waals surface area contributed by atoms with Crippen LogP contribution in [0.2, 0.25) is 0 Å². The van der Waals surface area contributed by atoms with Crippen molar-refractivity contribution < 1.29 is 19.1 Å². The van der Waals surface area contributed by atoms with Gasteiger partial charge in [-0.1, -0.05) is 6.07 Å². The predicted octanol–water partition coefficient (Wildman–Crippen LogP) is 3.27. The summed E-state index contributed by atoms with van der Waals surface area (Å²) in [6.45, 7) is 5.90. The summed E-state index contributed by atoms with van der Waals surface area (Å²) in [5, 5.41) is 3.33. The number of methoxy groups -OCH3 is 1. The van der Waals surface area contributed by atoms with E-state index in [1.807, 2.05) is 31.2 Å². The van der Waals surface area contributed by atoms with Crippen molar-refractivity contribution in [2.75, 3.05) is 32.6 Å². The maximum absolute atomic E-state index is 12.6. The molecule has 2 heterocycles. The summed E-state index contributed by atoms with van der Waals surface area (Å²) in [6.07, 6.45) is 1.46. The number of nitrogens with one attached hydrogen (secondary N) is 1. The second-order valence-electron chi connectivity index (χ2n) is 8.11. The van der Waals surface area contributed by atoms with Crippen LogP contribution in [0.1, 0.15) is 35.2 Å². The van der Waals surface area contributed by atoms with Crippen LogP contribution in [0.5, 0.6) is 5.75 Å². The predicted molar refractivity (Wildman–Crippen MR) is 119 cm³/mol. The van der Waals surface area contributed by atoms with Gasteiger partial charge in [-0.3, -0.25) is 9.59 Å². The molecule has 2 aromatic rings. The summed E-state index contributed by atoms with van der Waals surface area (Å²) >= 11 is 0. The van der Waals surface area contributed by atoms with Gasteiger partial charge in [0.15, 0.2) is 0 Å². The maximum atomic E-state index is 12.6. The second-order valence-corrected chi connectivity index (χ2v) is 8.11. The van der Waals surface area contributed by atoms with Crippen molar-refractivity contribution >= 4 is 17.7 Å². The zero-order chi connectivity index (χ0) is 22.4. The van der Waals surface area contributed by atoms with Crippen LogP contribution in [0.25, 0.3) is 0 Å². The Hall–Kier alpha value is -3.09. The molecule has 166 valence electrons. The average molecular weight is 426 g/mol. The first-order chi connectivity index (χ1) is 14.9. The lowest BCUT2D eigenvalue weighted by molar-refractivity contribution is -0.146. The monoisotopic (exact) mass is 425 g/mol. The SMILES string of the molecule is COC(=O)CC1Cc2ccc(OCCCNc3cc(C)cc(C)n3)cc2CN(C)C1=O. The average Bonchev–Trinajstić information content (AvgIpc) is 2.83. The summed E-state index contributed by atoms with van der Waals surface area (Å²) in [7, 11) is 3.11. The Morgan fingerprint density at radius 1 is 1.23 bits per heavy atom. The van der Waals surface area contributed by atoms with Gasteiger partial charge in [0, 0.05) is 25.8 Å². The lowest BCUT2D eigenvalue weighted by Gasteiger charge is -2.19. The van der Waals surface area contributed by atoms with E-state index < -0.39 is 5.92 Å². The number of pyridine rings is 1. The normalized spacial score (nSPS) is 15.8. The molecule has 1 aromatic heterocycles. The van der Waals surface area contributed by atoms with Gasteiger partial charge >= 0.3 is 5.97 Å². The number of rotatable bonds is 8. The number of aromatic nitrogens is 1. The van der Waals surface area contributed by atoms with E-state index in [2.05, 4.69) is 23.3 Å². The van der Waals surface area contributed by atoms with Crippen molar-refractivity contribution in [2.45, 2.75) is 39.7 Å². The zero-order valence-corrected chi connectivity index (χ0v) is 18.7. The molecule has 31 heavy (non-hydrogen) atoms. The highest BCUT2D eigenvalue weighted by atomic mass is 16.5. The smallest absolute Gasteiger partial charge is 0.306 e. The fourth-order valence-corrected chi connectivity index (χ4v) is 3.89. The number of aryl methyl sites for hydroxylation is 2. The Morgan fingerprint density at radius 3 is 2.77 bits per heavy atom. The highest BCUT2D eigenvalue weighted by Gasteiger charge is 2.29. The van der Waals surface area contributed by atoms with E-state index in [4.69, 9.17) is 9.47 Å². The number of carbonyl (C=O) groups is 2. The third kappa shape index (κ3) is 6.20. The van der Waals surface area contributed by atoms with Crippen molar-refractivity contribution in [3.63, 3.8) is 0 Å². The van der Waals surface area contributed by atoms with Crippen molar-refractivity contribution in [3.8, 4) is 5.75 Å². The minimum absolute atomic E-state index is 0.0323. The van der Waals surface area contributed by atoms with E-state index in [9.17, 15) is 9.59 Å². The minimum atomic E-state index is -0.393. The van der Waals surface area contributed by atoms with Crippen molar-refractivity contribution in [2.24, 2.45) is 5.92 Å². The van der Waals surface area contributed by atoms with Crippen LogP contribution < -0.4 is 10.1 Å². The van der Waals surface area contributed by atoms with Gasteiger partial charge in [-0.05, 0) is 67.6 Å². The molecule has 1 atom stereocenters. The van der Waals surface area contributed by atoms with E-state index in [1.54, 1.807) is 11.9 Å². The number of fused-ring (bicyclic) bond motifs is 1. The molecule has 7 heteroatoms. The Morgan fingerprint density at radius 2 is 2.03 bits per heavy atom. The third-order valence-corrected chi connectivity index (χ3v) is 5.41. The molecule has 0 saturated carbocycles. The number of carbonyl (C=O) groups excluding carboxylic acids is 2. The lowest BCUT2D eigenvalue weighted by atomic mass is 9.94. The fraction of sp³-hybridized carbons (Fsp3) is 0.458. The lowest BCUT2D eigenvalue weighted by Crippen LogP contribution is -2.32. The van der Waals surface area contributed by atoms with Gasteiger partial charge in [-0.15, -0.1) is 0 Å². The first-order valence-corrected chi connectivity index (χ1v) is 10.6. The molecule has 7 nitrogen and oxygen atoms in total. The standard InChI is InChI=1S/C24H31N3O4/c1-16-10-17(2)26-22(11-16)25-8-5-9-31-21-7-6-18-12-19(14-23(28)30-4)24(29)27(3)15-20(18)13-21/h6-7,10-11,13,19H,5,8-9,12,14-15H2,1-4H3,(H,25,26). The number of hydrogen-bond donors (Lipinski definition) is 1. The molecule has 1 aromatic carbocycles. The fourth-order valence-electron chi connectivity index (χ4n) is 3.89. The molecular formula is C24H31N3O4. The van der Waals surface area contributed by atoms with Crippen molar-refractivity contribution in [1.29, 1.82) is 0 Å². The molecule has 1 N–H and O–H groups in total. The van der Waals surface area contributed by atoms with Crippen LogP contribution in [0.15, 0.2) is 30.3 Å². The summed E-state index contributed by atoms with van der Waals surface area (Å²) in [4.78, 5) is 30.5. The Balaban J connectivity index is 1.54. The van der Waals surface area contributed by atoms with Gasteiger partial charge in [-0.2, -0.15) is 0 Å². The maximum Gasteiger partial charge on any atom is 0.306 e. The molecule has 1 unspecified atom stereocenters. The van der Waals surface area contributed by atoms with Crippen LogP contribution in [-0.4, -0.2) is 49.1 Å². The summed E-state index contributed by atoms with van der Waals surface area (Å²) < 4.78 is 10.7. The van der Waals surface area contributed by atoms with Gasteiger partial charge in [0.05, 0.1) is 26.1 Å². The van der Waals surface area contributed by atoms with Crippen LogP contribution in [0.4, 0.5) is 5.82 Å². The molecule has 0 saturated heterocycles. The highest BCUT2D eigenvalue weighted by Crippen LogP contribution is 2.27. The van der Waals surface area contributed by atoms with Crippen LogP contribution in [-0.2, 0) is 27.3 Å². The van der Waals surface area contributed by atoms with E-state index in [-0.39, 0.29) is 18.3 Å². The number of anilines is 1. The van der Waals surface area contributed by atoms with E-state index in [1.165, 1.54) is 12.7 Å². The van der Waals surface area contributed by atoms with Gasteiger partial charge in [0.1, 0.15) is 11.6 Å². The molecule has 1 aliphatic rings.